The number of carbonyl (C=O) groups excluding carboxylic acids is 1. The van der Waals surface area contributed by atoms with Gasteiger partial charge in [0.25, 0.3) is 9.05 Å². The van der Waals surface area contributed by atoms with Crippen molar-refractivity contribution in [3.05, 3.63) is 28.0 Å². The lowest BCUT2D eigenvalue weighted by atomic mass is 10.2. The van der Waals surface area contributed by atoms with Crippen molar-refractivity contribution in [1.82, 2.24) is 0 Å². The molecule has 0 unspecified atom stereocenters. The van der Waals surface area contributed by atoms with Crippen LogP contribution in [0.2, 0.25) is 0 Å². The lowest BCUT2D eigenvalue weighted by Crippen LogP contribution is -2.13. The van der Waals surface area contributed by atoms with Gasteiger partial charge in [0.05, 0.1) is 17.1 Å². The van der Waals surface area contributed by atoms with E-state index >= 15 is 0 Å². The van der Waals surface area contributed by atoms with E-state index in [1.165, 1.54) is 0 Å². The molecule has 1 aromatic rings. The molecule has 1 rings (SSSR count). The van der Waals surface area contributed by atoms with Gasteiger partial charge in [-0.15, -0.1) is 0 Å². The zero-order valence-corrected chi connectivity index (χ0v) is 13.5. The molecule has 0 atom stereocenters. The van der Waals surface area contributed by atoms with E-state index in [9.17, 15) is 17.6 Å². The van der Waals surface area contributed by atoms with Crippen molar-refractivity contribution in [2.45, 2.75) is 11.8 Å². The van der Waals surface area contributed by atoms with Gasteiger partial charge in [0, 0.05) is 21.8 Å². The molecule has 20 heavy (non-hydrogen) atoms. The topological polar surface area (TPSA) is 69.7 Å². The summed E-state index contributed by atoms with van der Waals surface area (Å²) in [5, 5.41) is 0. The molecule has 0 aromatic heterocycles. The lowest BCUT2D eigenvalue weighted by molar-refractivity contribution is 0.0330. The van der Waals surface area contributed by atoms with Gasteiger partial charge in [0.15, 0.2) is 0 Å². The quantitative estimate of drug-likeness (QED) is 0.425. The number of hydrogen-bond acceptors (Lipinski definition) is 5. The minimum Gasteiger partial charge on any atom is -0.460 e. The molecule has 0 radical (unpaired) electrons. The molecule has 0 saturated carbocycles. The monoisotopic (exact) mass is 388 g/mol. The van der Waals surface area contributed by atoms with E-state index in [1.54, 1.807) is 6.92 Å². The Morgan fingerprint density at radius 2 is 2.05 bits per heavy atom. The molecule has 112 valence electrons. The highest BCUT2D eigenvalue weighted by Gasteiger charge is 2.22. The number of halogens is 3. The van der Waals surface area contributed by atoms with Crippen molar-refractivity contribution in [2.24, 2.45) is 0 Å². The van der Waals surface area contributed by atoms with Gasteiger partial charge >= 0.3 is 5.97 Å². The third kappa shape index (κ3) is 4.69. The fourth-order valence-corrected chi connectivity index (χ4v) is 3.46. The molecule has 1 aromatic carbocycles. The highest BCUT2D eigenvalue weighted by molar-refractivity contribution is 9.10. The molecule has 0 spiro atoms. The van der Waals surface area contributed by atoms with Crippen molar-refractivity contribution in [1.29, 1.82) is 0 Å². The van der Waals surface area contributed by atoms with Gasteiger partial charge in [-0.3, -0.25) is 0 Å². The maximum absolute atomic E-state index is 13.6. The zero-order valence-electron chi connectivity index (χ0n) is 10.4. The molecule has 0 amide bonds. The zero-order chi connectivity index (χ0) is 15.3. The summed E-state index contributed by atoms with van der Waals surface area (Å²) >= 11 is 2.86. The van der Waals surface area contributed by atoms with Crippen LogP contribution < -0.4 is 0 Å². The molecule has 0 saturated heterocycles. The Morgan fingerprint density at radius 3 is 2.60 bits per heavy atom. The fraction of sp³-hybridized carbons (Fsp3) is 0.364. The summed E-state index contributed by atoms with van der Waals surface area (Å²) in [6.45, 7) is 2.33. The molecule has 0 bridgehead atoms. The summed E-state index contributed by atoms with van der Waals surface area (Å²) in [7, 11) is 1.08. The standard InChI is InChI=1S/C11H11BrClFO5S/c1-2-18-3-4-19-11(15)7-5-10(20(13,16)17)8(12)6-9(7)14/h5-6H,2-4H2,1H3. The van der Waals surface area contributed by atoms with E-state index in [0.717, 1.165) is 12.1 Å². The first-order chi connectivity index (χ1) is 9.27. The normalized spacial score (nSPS) is 11.4. The predicted octanol–water partition coefficient (Wildman–Crippen LogP) is 2.71. The van der Waals surface area contributed by atoms with Crippen LogP contribution in [-0.2, 0) is 18.5 Å². The van der Waals surface area contributed by atoms with Crippen LogP contribution in [0.5, 0.6) is 0 Å². The first kappa shape index (κ1) is 17.4. The maximum atomic E-state index is 13.6. The van der Waals surface area contributed by atoms with Crippen LogP contribution >= 0.6 is 26.6 Å². The van der Waals surface area contributed by atoms with Gasteiger partial charge in [0.2, 0.25) is 0 Å². The van der Waals surface area contributed by atoms with Crippen LogP contribution in [0.1, 0.15) is 17.3 Å². The maximum Gasteiger partial charge on any atom is 0.341 e. The molecular weight excluding hydrogens is 379 g/mol. The van der Waals surface area contributed by atoms with Gasteiger partial charge in [-0.05, 0) is 35.0 Å². The van der Waals surface area contributed by atoms with Crippen LogP contribution in [0, 0.1) is 5.82 Å². The number of benzene rings is 1. The number of rotatable bonds is 6. The summed E-state index contributed by atoms with van der Waals surface area (Å²) in [4.78, 5) is 11.2. The van der Waals surface area contributed by atoms with Crippen molar-refractivity contribution in [3.8, 4) is 0 Å². The largest absolute Gasteiger partial charge is 0.460 e. The fourth-order valence-electron chi connectivity index (χ4n) is 1.29. The summed E-state index contributed by atoms with van der Waals surface area (Å²) in [6, 6.07) is 1.67. The van der Waals surface area contributed by atoms with Gasteiger partial charge in [-0.1, -0.05) is 0 Å². The summed E-state index contributed by atoms with van der Waals surface area (Å²) in [5.41, 5.74) is -0.510. The van der Waals surface area contributed by atoms with E-state index in [1.807, 2.05) is 0 Å². The van der Waals surface area contributed by atoms with Crippen molar-refractivity contribution in [2.75, 3.05) is 19.8 Å². The number of esters is 1. The second kappa shape index (κ2) is 7.35. The third-order valence-corrected chi connectivity index (χ3v) is 4.45. The van der Waals surface area contributed by atoms with Crippen LogP contribution in [0.15, 0.2) is 21.5 Å². The van der Waals surface area contributed by atoms with Crippen LogP contribution in [0.25, 0.3) is 0 Å². The van der Waals surface area contributed by atoms with Gasteiger partial charge in [-0.25, -0.2) is 17.6 Å². The lowest BCUT2D eigenvalue weighted by Gasteiger charge is -2.08. The molecule has 0 aliphatic carbocycles. The molecule has 0 aliphatic heterocycles. The van der Waals surface area contributed by atoms with Crippen molar-refractivity contribution in [3.63, 3.8) is 0 Å². The van der Waals surface area contributed by atoms with E-state index in [2.05, 4.69) is 15.9 Å². The molecule has 0 N–H and O–H groups in total. The number of hydrogen-bond donors (Lipinski definition) is 0. The van der Waals surface area contributed by atoms with Crippen LogP contribution in [-0.4, -0.2) is 34.2 Å². The van der Waals surface area contributed by atoms with Gasteiger partial charge in [-0.2, -0.15) is 0 Å². The predicted molar refractivity (Wildman–Crippen MR) is 73.9 cm³/mol. The Hall–Kier alpha value is -0.700. The Kier molecular flexibility index (Phi) is 6.38. The SMILES string of the molecule is CCOCCOC(=O)c1cc(S(=O)(=O)Cl)c(Br)cc1F. The molecule has 0 aliphatic rings. The average Bonchev–Trinajstić information content (AvgIpc) is 2.32. The average molecular weight is 390 g/mol. The summed E-state index contributed by atoms with van der Waals surface area (Å²) < 4.78 is 45.8. The Balaban J connectivity index is 2.98. The van der Waals surface area contributed by atoms with Crippen molar-refractivity contribution < 1.29 is 27.1 Å². The highest BCUT2D eigenvalue weighted by atomic mass is 79.9. The Morgan fingerprint density at radius 1 is 1.40 bits per heavy atom. The Bertz CT molecular complexity index is 605. The van der Waals surface area contributed by atoms with E-state index in [-0.39, 0.29) is 17.7 Å². The van der Waals surface area contributed by atoms with E-state index in [4.69, 9.17) is 20.2 Å². The summed E-state index contributed by atoms with van der Waals surface area (Å²) in [6.07, 6.45) is 0. The second-order valence-electron chi connectivity index (χ2n) is 3.53. The first-order valence-electron chi connectivity index (χ1n) is 5.46. The highest BCUT2D eigenvalue weighted by Crippen LogP contribution is 2.28. The number of carbonyl (C=O) groups is 1. The molecular formula is C11H11BrClFO5S. The number of ether oxygens (including phenoxy) is 2. The first-order valence-corrected chi connectivity index (χ1v) is 8.56. The summed E-state index contributed by atoms with van der Waals surface area (Å²) in [5.74, 6) is -1.90. The third-order valence-electron chi connectivity index (χ3n) is 2.17. The van der Waals surface area contributed by atoms with Gasteiger partial charge in [0.1, 0.15) is 12.4 Å². The minimum atomic E-state index is -4.11. The van der Waals surface area contributed by atoms with E-state index in [0.29, 0.717) is 6.61 Å². The molecule has 9 heteroatoms. The van der Waals surface area contributed by atoms with E-state index < -0.39 is 31.3 Å². The minimum absolute atomic E-state index is 0.0643. The Labute approximate surface area is 128 Å². The van der Waals surface area contributed by atoms with Gasteiger partial charge < -0.3 is 9.47 Å². The molecule has 0 heterocycles. The smallest absolute Gasteiger partial charge is 0.341 e. The van der Waals surface area contributed by atoms with Crippen molar-refractivity contribution >= 4 is 41.6 Å². The molecule has 5 nitrogen and oxygen atoms in total. The second-order valence-corrected chi connectivity index (χ2v) is 6.92. The van der Waals surface area contributed by atoms with Crippen LogP contribution in [0.4, 0.5) is 4.39 Å². The van der Waals surface area contributed by atoms with Crippen LogP contribution in [0.3, 0.4) is 0 Å². The molecule has 0 fully saturated rings.